The highest BCUT2D eigenvalue weighted by Crippen LogP contribution is 1.99. The van der Waals surface area contributed by atoms with Gasteiger partial charge in [0.25, 0.3) is 0 Å². The monoisotopic (exact) mass is 326 g/mol. The molecule has 24 heavy (non-hydrogen) atoms. The van der Waals surface area contributed by atoms with Crippen molar-refractivity contribution >= 4 is 0 Å². The van der Waals surface area contributed by atoms with Crippen molar-refractivity contribution in [3.05, 3.63) is 86.1 Å². The Kier molecular flexibility index (Phi) is 26.6. The van der Waals surface area contributed by atoms with Gasteiger partial charge in [-0.15, -0.1) is 6.58 Å². The fraction of sp³-hybridized carbons (Fsp3) is 0.417. The van der Waals surface area contributed by atoms with Gasteiger partial charge in [-0.25, -0.2) is 0 Å². The smallest absolute Gasteiger partial charge is 0.0166 e. The van der Waals surface area contributed by atoms with Gasteiger partial charge < -0.3 is 0 Å². The predicted octanol–water partition coefficient (Wildman–Crippen LogP) is 8.29. The van der Waals surface area contributed by atoms with Crippen LogP contribution in [0.5, 0.6) is 0 Å². The molecule has 0 aliphatic rings. The van der Waals surface area contributed by atoms with Crippen LogP contribution in [0.1, 0.15) is 65.2 Å². The second kappa shape index (κ2) is 26.1. The van der Waals surface area contributed by atoms with Gasteiger partial charge in [0.2, 0.25) is 0 Å². The van der Waals surface area contributed by atoms with E-state index in [9.17, 15) is 0 Å². The molecule has 0 atom stereocenters. The van der Waals surface area contributed by atoms with Crippen molar-refractivity contribution in [3.63, 3.8) is 0 Å². The van der Waals surface area contributed by atoms with Gasteiger partial charge in [0.15, 0.2) is 0 Å². The maximum atomic E-state index is 3.69. The van der Waals surface area contributed by atoms with Crippen LogP contribution >= 0.6 is 0 Å². The molecule has 0 aromatic heterocycles. The molecule has 0 N–H and O–H groups in total. The first kappa shape index (κ1) is 24.4. The van der Waals surface area contributed by atoms with E-state index in [1.165, 1.54) is 25.7 Å². The minimum absolute atomic E-state index is 1.02. The Labute approximate surface area is 151 Å². The number of allylic oxidation sites excluding steroid dienone is 12. The molecule has 0 aromatic carbocycles. The molecule has 0 aliphatic carbocycles. The van der Waals surface area contributed by atoms with E-state index in [-0.39, 0.29) is 0 Å². The Bertz CT molecular complexity index is 388. The second-order valence-electron chi connectivity index (χ2n) is 5.35. The van der Waals surface area contributed by atoms with Gasteiger partial charge in [0.05, 0.1) is 0 Å². The molecule has 0 fully saturated rings. The highest BCUT2D eigenvalue weighted by molar-refractivity contribution is 5.01. The lowest BCUT2D eigenvalue weighted by atomic mass is 10.2. The largest absolute Gasteiger partial charge is 0.103 e. The lowest BCUT2D eigenvalue weighted by molar-refractivity contribution is 0.864. The molecule has 0 saturated carbocycles. The maximum absolute atomic E-state index is 3.69. The number of unbranched alkanes of at least 4 members (excludes halogenated alkanes) is 4. The molecule has 0 heterocycles. The molecule has 0 spiro atoms. The molecule has 0 rings (SSSR count). The minimum atomic E-state index is 1.02. The van der Waals surface area contributed by atoms with E-state index in [1.54, 1.807) is 6.08 Å². The average Bonchev–Trinajstić information content (AvgIpc) is 2.60. The summed E-state index contributed by atoms with van der Waals surface area (Å²) in [5, 5.41) is 0. The fourth-order valence-electron chi connectivity index (χ4n) is 1.80. The Balaban J connectivity index is 0. The van der Waals surface area contributed by atoms with E-state index in [0.29, 0.717) is 0 Å². The molecule has 0 bridgehead atoms. The highest BCUT2D eigenvalue weighted by atomic mass is 13.9. The van der Waals surface area contributed by atoms with E-state index < -0.39 is 0 Å². The lowest BCUT2D eigenvalue weighted by Gasteiger charge is -1.89. The first-order chi connectivity index (χ1) is 11.8. The summed E-state index contributed by atoms with van der Waals surface area (Å²) in [6.07, 6.45) is 34.6. The first-order valence-electron chi connectivity index (χ1n) is 9.24. The van der Waals surface area contributed by atoms with Crippen LogP contribution in [-0.4, -0.2) is 0 Å². The number of rotatable bonds is 13. The van der Waals surface area contributed by atoms with Crippen molar-refractivity contribution in [2.45, 2.75) is 65.2 Å². The molecule has 0 aliphatic heterocycles. The van der Waals surface area contributed by atoms with E-state index in [4.69, 9.17) is 0 Å². The molecule has 134 valence electrons. The topological polar surface area (TPSA) is 0 Å². The molecule has 0 nitrogen and oxygen atoms in total. The Morgan fingerprint density at radius 1 is 0.583 bits per heavy atom. The van der Waals surface area contributed by atoms with Gasteiger partial charge in [-0.3, -0.25) is 0 Å². The second-order valence-corrected chi connectivity index (χ2v) is 5.35. The van der Waals surface area contributed by atoms with Crippen LogP contribution < -0.4 is 0 Å². The summed E-state index contributed by atoms with van der Waals surface area (Å²) in [5.74, 6) is 0. The molecule has 0 amide bonds. The third-order valence-corrected chi connectivity index (χ3v) is 3.13. The molecular formula is C24H38. The van der Waals surface area contributed by atoms with Crippen LogP contribution in [0.25, 0.3) is 0 Å². The van der Waals surface area contributed by atoms with Crippen LogP contribution in [-0.2, 0) is 0 Å². The van der Waals surface area contributed by atoms with Crippen molar-refractivity contribution in [1.82, 2.24) is 0 Å². The van der Waals surface area contributed by atoms with Crippen LogP contribution in [0.3, 0.4) is 0 Å². The molecular weight excluding hydrogens is 288 g/mol. The summed E-state index contributed by atoms with van der Waals surface area (Å²) in [7, 11) is 0. The summed E-state index contributed by atoms with van der Waals surface area (Å²) in [4.78, 5) is 0. The van der Waals surface area contributed by atoms with Gasteiger partial charge in [0, 0.05) is 0 Å². The summed E-state index contributed by atoms with van der Waals surface area (Å²) < 4.78 is 0. The summed E-state index contributed by atoms with van der Waals surface area (Å²) in [6.45, 7) is 11.4. The van der Waals surface area contributed by atoms with Crippen molar-refractivity contribution in [3.8, 4) is 0 Å². The molecule has 0 unspecified atom stereocenters. The zero-order valence-electron chi connectivity index (χ0n) is 16.0. The van der Waals surface area contributed by atoms with Crippen molar-refractivity contribution < 1.29 is 0 Å². The summed E-state index contributed by atoms with van der Waals surface area (Å²) in [6, 6.07) is 0. The van der Waals surface area contributed by atoms with E-state index in [0.717, 1.165) is 25.7 Å². The van der Waals surface area contributed by atoms with Crippen molar-refractivity contribution in [2.75, 3.05) is 0 Å². The highest BCUT2D eigenvalue weighted by Gasteiger charge is 1.79. The Hall–Kier alpha value is -1.82. The quantitative estimate of drug-likeness (QED) is 0.181. The number of hydrogen-bond acceptors (Lipinski definition) is 0. The minimum Gasteiger partial charge on any atom is -0.103 e. The number of hydrogen-bond donors (Lipinski definition) is 0. The SMILES string of the molecule is C=C/C=C/C/C=C/CC/C=C/C.C=CCCC/C=C/CC/C=C/C. The van der Waals surface area contributed by atoms with Crippen molar-refractivity contribution in [1.29, 1.82) is 0 Å². The molecule has 0 aromatic rings. The predicted molar refractivity (Wildman–Crippen MR) is 114 cm³/mol. The lowest BCUT2D eigenvalue weighted by Crippen LogP contribution is -1.69. The molecule has 0 heteroatoms. The van der Waals surface area contributed by atoms with Crippen molar-refractivity contribution in [2.24, 2.45) is 0 Å². The standard InChI is InChI=1S/C12H20.C12H18/c2*1-3-5-7-9-11-12-10-8-6-4-2/h3-4,6,11-12H,1,5,7-10H2,2H3;3-7,11-12H,1,8-10H2,2H3/b6-4+,12-11+;6-4+,7-5+,12-11+. The average molecular weight is 327 g/mol. The third-order valence-electron chi connectivity index (χ3n) is 3.13. The zero-order chi connectivity index (χ0) is 18.1. The fourth-order valence-corrected chi connectivity index (χ4v) is 1.80. The van der Waals surface area contributed by atoms with Gasteiger partial charge in [-0.1, -0.05) is 79.5 Å². The van der Waals surface area contributed by atoms with Gasteiger partial charge in [0.1, 0.15) is 0 Å². The normalized spacial score (nSPS) is 11.8. The first-order valence-corrected chi connectivity index (χ1v) is 9.24. The van der Waals surface area contributed by atoms with E-state index >= 15 is 0 Å². The third kappa shape index (κ3) is 28.4. The van der Waals surface area contributed by atoms with Gasteiger partial charge in [-0.05, 0) is 65.2 Å². The maximum Gasteiger partial charge on any atom is -0.0166 e. The van der Waals surface area contributed by atoms with Crippen LogP contribution in [0.2, 0.25) is 0 Å². The van der Waals surface area contributed by atoms with E-state index in [1.807, 2.05) is 12.2 Å². The Morgan fingerprint density at radius 3 is 1.67 bits per heavy atom. The molecule has 0 saturated heterocycles. The van der Waals surface area contributed by atoms with E-state index in [2.05, 4.69) is 81.7 Å². The summed E-state index contributed by atoms with van der Waals surface area (Å²) >= 11 is 0. The van der Waals surface area contributed by atoms with Gasteiger partial charge >= 0.3 is 0 Å². The summed E-state index contributed by atoms with van der Waals surface area (Å²) in [5.41, 5.74) is 0. The molecule has 0 radical (unpaired) electrons. The van der Waals surface area contributed by atoms with Gasteiger partial charge in [-0.2, -0.15) is 0 Å². The van der Waals surface area contributed by atoms with Crippen LogP contribution in [0.15, 0.2) is 86.1 Å². The zero-order valence-corrected chi connectivity index (χ0v) is 16.0. The van der Waals surface area contributed by atoms with Crippen LogP contribution in [0.4, 0.5) is 0 Å². The Morgan fingerprint density at radius 2 is 1.12 bits per heavy atom. The van der Waals surface area contributed by atoms with Crippen LogP contribution in [0, 0.1) is 0 Å².